The third kappa shape index (κ3) is 3.71. The number of nitrogens with one attached hydrogen (secondary N) is 1. The van der Waals surface area contributed by atoms with Gasteiger partial charge in [0.05, 0.1) is 25.0 Å². The van der Waals surface area contributed by atoms with Crippen molar-refractivity contribution in [2.75, 3.05) is 25.2 Å². The molecule has 1 aromatic rings. The van der Waals surface area contributed by atoms with Crippen molar-refractivity contribution < 1.29 is 4.74 Å². The fourth-order valence-corrected chi connectivity index (χ4v) is 5.75. The van der Waals surface area contributed by atoms with Crippen LogP contribution in [0.1, 0.15) is 45.5 Å². The van der Waals surface area contributed by atoms with E-state index in [1.807, 2.05) is 6.20 Å². The zero-order chi connectivity index (χ0) is 15.4. The molecule has 21 heavy (non-hydrogen) atoms. The van der Waals surface area contributed by atoms with Crippen molar-refractivity contribution >= 4 is 23.5 Å². The van der Waals surface area contributed by atoms with E-state index >= 15 is 0 Å². The molecule has 3 unspecified atom stereocenters. The van der Waals surface area contributed by atoms with E-state index in [0.29, 0.717) is 16.5 Å². The van der Waals surface area contributed by atoms with E-state index in [2.05, 4.69) is 66.3 Å². The molecule has 1 fully saturated rings. The molecule has 1 aliphatic heterocycles. The lowest BCUT2D eigenvalue weighted by molar-refractivity contribution is 0.381. The minimum absolute atomic E-state index is 0.280. The summed E-state index contributed by atoms with van der Waals surface area (Å²) in [5, 5.41) is 9.41. The van der Waals surface area contributed by atoms with E-state index in [1.165, 1.54) is 17.2 Å². The first-order chi connectivity index (χ1) is 10.1. The van der Waals surface area contributed by atoms with Crippen LogP contribution in [-0.4, -0.2) is 45.4 Å². The third-order valence-electron chi connectivity index (χ3n) is 3.79. The van der Waals surface area contributed by atoms with Crippen LogP contribution >= 0.6 is 23.5 Å². The number of nitrogens with zero attached hydrogens (tertiary/aromatic N) is 2. The van der Waals surface area contributed by atoms with Crippen molar-refractivity contribution in [3.8, 4) is 5.75 Å². The van der Waals surface area contributed by atoms with Gasteiger partial charge in [-0.2, -0.15) is 28.6 Å². The molecule has 1 saturated heterocycles. The Balaban J connectivity index is 2.39. The lowest BCUT2D eigenvalue weighted by Gasteiger charge is -2.35. The first-order valence-corrected chi connectivity index (χ1v) is 9.77. The van der Waals surface area contributed by atoms with Crippen molar-refractivity contribution in [2.24, 2.45) is 0 Å². The van der Waals surface area contributed by atoms with Gasteiger partial charge in [0.25, 0.3) is 0 Å². The number of hydrogen-bond donors (Lipinski definition) is 1. The number of ether oxygens (including phenoxy) is 1. The molecule has 0 saturated carbocycles. The Morgan fingerprint density at radius 2 is 2.14 bits per heavy atom. The molecule has 120 valence electrons. The third-order valence-corrected chi connectivity index (χ3v) is 6.99. The summed E-state index contributed by atoms with van der Waals surface area (Å²) in [7, 11) is 1.74. The lowest BCUT2D eigenvalue weighted by Crippen LogP contribution is -2.39. The van der Waals surface area contributed by atoms with Crippen LogP contribution in [0.4, 0.5) is 0 Å². The number of rotatable bonds is 6. The Kier molecular flexibility index (Phi) is 6.32. The summed E-state index contributed by atoms with van der Waals surface area (Å²) < 4.78 is 7.70. The van der Waals surface area contributed by atoms with Crippen molar-refractivity contribution in [1.29, 1.82) is 0 Å². The molecule has 0 aromatic carbocycles. The van der Waals surface area contributed by atoms with Gasteiger partial charge in [0.15, 0.2) is 5.75 Å². The van der Waals surface area contributed by atoms with Crippen molar-refractivity contribution in [1.82, 2.24) is 15.1 Å². The largest absolute Gasteiger partial charge is 0.493 e. The second-order valence-corrected chi connectivity index (χ2v) is 8.35. The maximum absolute atomic E-state index is 5.59. The molecule has 4 nitrogen and oxygen atoms in total. The summed E-state index contributed by atoms with van der Waals surface area (Å²) in [6.45, 7) is 9.80. The lowest BCUT2D eigenvalue weighted by atomic mass is 10.1. The fraction of sp³-hybridized carbons (Fsp3) is 0.800. The second-order valence-electron chi connectivity index (χ2n) is 5.58. The van der Waals surface area contributed by atoms with Crippen LogP contribution in [0.5, 0.6) is 5.75 Å². The number of aromatic nitrogens is 2. The topological polar surface area (TPSA) is 39.1 Å². The molecular weight excluding hydrogens is 302 g/mol. The predicted molar refractivity (Wildman–Crippen MR) is 93.7 cm³/mol. The number of thioether (sulfide) groups is 2. The Hall–Kier alpha value is -0.330. The molecule has 0 spiro atoms. The second kappa shape index (κ2) is 7.79. The van der Waals surface area contributed by atoms with Crippen LogP contribution in [0.25, 0.3) is 0 Å². The molecule has 0 bridgehead atoms. The van der Waals surface area contributed by atoms with Gasteiger partial charge in [0.1, 0.15) is 0 Å². The highest BCUT2D eigenvalue weighted by atomic mass is 32.2. The standard InChI is InChI=1S/C15H27N3OS2/c1-6-16-13(15-11(4)20-7-8-21-15)14-12(19-5)9-17-18(14)10(2)3/h9-11,13,15-16H,6-8H2,1-5H3. The first kappa shape index (κ1) is 17.0. The van der Waals surface area contributed by atoms with Gasteiger partial charge in [-0.1, -0.05) is 13.8 Å². The zero-order valence-corrected chi connectivity index (χ0v) is 15.3. The molecule has 3 atom stereocenters. The smallest absolute Gasteiger partial charge is 0.161 e. The van der Waals surface area contributed by atoms with E-state index in [1.54, 1.807) is 7.11 Å². The van der Waals surface area contributed by atoms with Crippen LogP contribution in [0.3, 0.4) is 0 Å². The van der Waals surface area contributed by atoms with Crippen LogP contribution in [0, 0.1) is 0 Å². The average Bonchev–Trinajstić information content (AvgIpc) is 2.89. The van der Waals surface area contributed by atoms with E-state index in [4.69, 9.17) is 4.74 Å². The highest BCUT2D eigenvalue weighted by Crippen LogP contribution is 2.41. The Morgan fingerprint density at radius 3 is 2.71 bits per heavy atom. The maximum Gasteiger partial charge on any atom is 0.161 e. The predicted octanol–water partition coefficient (Wildman–Crippen LogP) is 3.36. The van der Waals surface area contributed by atoms with E-state index in [9.17, 15) is 0 Å². The summed E-state index contributed by atoms with van der Waals surface area (Å²) in [4.78, 5) is 0. The van der Waals surface area contributed by atoms with Gasteiger partial charge in [-0.15, -0.1) is 0 Å². The average molecular weight is 330 g/mol. The quantitative estimate of drug-likeness (QED) is 0.866. The van der Waals surface area contributed by atoms with Gasteiger partial charge in [0.2, 0.25) is 0 Å². The molecule has 0 radical (unpaired) electrons. The van der Waals surface area contributed by atoms with Crippen LogP contribution < -0.4 is 10.1 Å². The Bertz CT molecular complexity index is 450. The van der Waals surface area contributed by atoms with Crippen LogP contribution in [0.2, 0.25) is 0 Å². The molecule has 1 N–H and O–H groups in total. The van der Waals surface area contributed by atoms with E-state index in [0.717, 1.165) is 12.3 Å². The summed E-state index contributed by atoms with van der Waals surface area (Å²) >= 11 is 4.15. The molecule has 1 aromatic heterocycles. The Morgan fingerprint density at radius 1 is 1.43 bits per heavy atom. The van der Waals surface area contributed by atoms with Gasteiger partial charge in [-0.05, 0) is 20.4 Å². The SMILES string of the molecule is CCNC(c1c(OC)cnn1C(C)C)C1SCCSC1C. The van der Waals surface area contributed by atoms with Crippen LogP contribution in [0.15, 0.2) is 6.20 Å². The molecule has 0 aliphatic carbocycles. The molecular formula is C15H27N3OS2. The highest BCUT2D eigenvalue weighted by Gasteiger charge is 2.35. The molecule has 6 heteroatoms. The van der Waals surface area contributed by atoms with Crippen molar-refractivity contribution in [3.05, 3.63) is 11.9 Å². The zero-order valence-electron chi connectivity index (χ0n) is 13.6. The van der Waals surface area contributed by atoms with Gasteiger partial charge in [0, 0.05) is 28.0 Å². The Labute approximate surface area is 136 Å². The minimum Gasteiger partial charge on any atom is -0.493 e. The monoisotopic (exact) mass is 329 g/mol. The van der Waals surface area contributed by atoms with Crippen molar-refractivity contribution in [3.63, 3.8) is 0 Å². The van der Waals surface area contributed by atoms with Crippen LogP contribution in [-0.2, 0) is 0 Å². The summed E-state index contributed by atoms with van der Waals surface area (Å²) in [6.07, 6.45) is 1.85. The van der Waals surface area contributed by atoms with Gasteiger partial charge >= 0.3 is 0 Å². The van der Waals surface area contributed by atoms with Gasteiger partial charge in [-0.3, -0.25) is 4.68 Å². The highest BCUT2D eigenvalue weighted by molar-refractivity contribution is 8.07. The number of methoxy groups -OCH3 is 1. The van der Waals surface area contributed by atoms with E-state index in [-0.39, 0.29) is 6.04 Å². The number of hydrogen-bond acceptors (Lipinski definition) is 5. The summed E-state index contributed by atoms with van der Waals surface area (Å²) in [5.41, 5.74) is 1.20. The minimum atomic E-state index is 0.280. The van der Waals surface area contributed by atoms with Gasteiger partial charge in [-0.25, -0.2) is 0 Å². The maximum atomic E-state index is 5.59. The van der Waals surface area contributed by atoms with E-state index < -0.39 is 0 Å². The fourth-order valence-electron chi connectivity index (χ4n) is 2.82. The summed E-state index contributed by atoms with van der Waals surface area (Å²) in [6, 6.07) is 0.615. The molecule has 2 heterocycles. The first-order valence-electron chi connectivity index (χ1n) is 7.68. The van der Waals surface area contributed by atoms with Crippen molar-refractivity contribution in [2.45, 2.75) is 50.3 Å². The molecule has 1 aliphatic rings. The summed E-state index contributed by atoms with van der Waals surface area (Å²) in [5.74, 6) is 3.37. The normalized spacial score (nSPS) is 24.3. The molecule has 0 amide bonds. The molecule has 2 rings (SSSR count). The van der Waals surface area contributed by atoms with Gasteiger partial charge < -0.3 is 10.1 Å².